The van der Waals surface area contributed by atoms with Crippen LogP contribution in [-0.4, -0.2) is 24.4 Å². The molecule has 1 aliphatic carbocycles. The highest BCUT2D eigenvalue weighted by atomic mass is 35.5. The van der Waals surface area contributed by atoms with E-state index in [0.717, 1.165) is 17.9 Å². The molecule has 1 saturated heterocycles. The Balaban J connectivity index is 1.85. The van der Waals surface area contributed by atoms with Crippen molar-refractivity contribution in [3.8, 4) is 0 Å². The Morgan fingerprint density at radius 1 is 1.31 bits per heavy atom. The molecule has 2 unspecified atom stereocenters. The van der Waals surface area contributed by atoms with E-state index >= 15 is 0 Å². The lowest BCUT2D eigenvalue weighted by Gasteiger charge is -2.21. The Morgan fingerprint density at radius 3 is 2.88 bits per heavy atom. The lowest BCUT2D eigenvalue weighted by atomic mass is 10.1. The van der Waals surface area contributed by atoms with Crippen molar-refractivity contribution in [2.75, 3.05) is 12.5 Å². The Labute approximate surface area is 104 Å². The molecule has 1 heterocycles. The van der Waals surface area contributed by atoms with Crippen molar-refractivity contribution in [1.29, 1.82) is 0 Å². The van der Waals surface area contributed by atoms with Crippen LogP contribution in [0.25, 0.3) is 0 Å². The number of alkyl halides is 1. The molecule has 1 fully saturated rings. The molecule has 4 heteroatoms. The summed E-state index contributed by atoms with van der Waals surface area (Å²) in [6, 6.07) is 5.95. The van der Waals surface area contributed by atoms with Crippen molar-refractivity contribution in [2.45, 2.75) is 24.7 Å². The SMILES string of the molecule is ClCC1COC2(Cc3ccc(Cl)cc3C2)O1. The minimum Gasteiger partial charge on any atom is -0.346 e. The molecule has 1 spiro atoms. The maximum atomic E-state index is 5.97. The lowest BCUT2D eigenvalue weighted by molar-refractivity contribution is -0.157. The van der Waals surface area contributed by atoms with Crippen molar-refractivity contribution in [1.82, 2.24) is 0 Å². The van der Waals surface area contributed by atoms with E-state index < -0.39 is 5.79 Å². The van der Waals surface area contributed by atoms with Crippen LogP contribution in [0.3, 0.4) is 0 Å². The second kappa shape index (κ2) is 3.88. The van der Waals surface area contributed by atoms with E-state index in [2.05, 4.69) is 0 Å². The van der Waals surface area contributed by atoms with Gasteiger partial charge in [-0.15, -0.1) is 11.6 Å². The number of rotatable bonds is 1. The van der Waals surface area contributed by atoms with Crippen LogP contribution in [0.15, 0.2) is 18.2 Å². The van der Waals surface area contributed by atoms with Gasteiger partial charge in [0, 0.05) is 17.9 Å². The van der Waals surface area contributed by atoms with Gasteiger partial charge in [-0.3, -0.25) is 0 Å². The van der Waals surface area contributed by atoms with Crippen LogP contribution in [-0.2, 0) is 22.3 Å². The van der Waals surface area contributed by atoms with E-state index in [0.29, 0.717) is 12.5 Å². The predicted molar refractivity (Wildman–Crippen MR) is 63.1 cm³/mol. The summed E-state index contributed by atoms with van der Waals surface area (Å²) in [5.41, 5.74) is 2.49. The van der Waals surface area contributed by atoms with Gasteiger partial charge in [0.2, 0.25) is 0 Å². The second-order valence-corrected chi connectivity index (χ2v) is 5.13. The number of halogens is 2. The summed E-state index contributed by atoms with van der Waals surface area (Å²) in [5, 5.41) is 0.766. The molecule has 3 rings (SSSR count). The van der Waals surface area contributed by atoms with E-state index in [1.54, 1.807) is 0 Å². The van der Waals surface area contributed by atoms with Gasteiger partial charge < -0.3 is 9.47 Å². The van der Waals surface area contributed by atoms with Crippen LogP contribution < -0.4 is 0 Å². The summed E-state index contributed by atoms with van der Waals surface area (Å²) < 4.78 is 11.7. The van der Waals surface area contributed by atoms with Crippen molar-refractivity contribution in [3.63, 3.8) is 0 Å². The molecular weight excluding hydrogens is 247 g/mol. The Morgan fingerprint density at radius 2 is 2.12 bits per heavy atom. The summed E-state index contributed by atoms with van der Waals surface area (Å²) in [5.74, 6) is 0.00538. The van der Waals surface area contributed by atoms with Crippen LogP contribution in [0, 0.1) is 0 Å². The molecule has 2 aliphatic rings. The highest BCUT2D eigenvalue weighted by Gasteiger charge is 2.45. The fourth-order valence-corrected chi connectivity index (χ4v) is 2.80. The van der Waals surface area contributed by atoms with Gasteiger partial charge in [0.05, 0.1) is 18.6 Å². The molecule has 1 aromatic rings. The number of ether oxygens (including phenoxy) is 2. The van der Waals surface area contributed by atoms with Crippen LogP contribution in [0.2, 0.25) is 5.02 Å². The Hall–Kier alpha value is -0.280. The quantitative estimate of drug-likeness (QED) is 0.722. The lowest BCUT2D eigenvalue weighted by Crippen LogP contribution is -2.31. The van der Waals surface area contributed by atoms with Crippen molar-refractivity contribution in [3.05, 3.63) is 34.3 Å². The first-order valence-corrected chi connectivity index (χ1v) is 6.27. The smallest absolute Gasteiger partial charge is 0.176 e. The molecule has 1 aliphatic heterocycles. The molecule has 0 saturated carbocycles. The summed E-state index contributed by atoms with van der Waals surface area (Å²) in [7, 11) is 0. The van der Waals surface area contributed by atoms with Gasteiger partial charge in [0.25, 0.3) is 0 Å². The summed E-state index contributed by atoms with van der Waals surface area (Å²) in [6.45, 7) is 0.589. The molecule has 1 aromatic carbocycles. The highest BCUT2D eigenvalue weighted by molar-refractivity contribution is 6.30. The Kier molecular flexibility index (Phi) is 2.63. The normalized spacial score (nSPS) is 32.2. The standard InChI is InChI=1S/C12H12Cl2O2/c13-6-11-7-15-12(16-11)4-8-1-2-10(14)3-9(8)5-12/h1-3,11H,4-7H2. The third-order valence-electron chi connectivity index (χ3n) is 3.17. The molecule has 0 radical (unpaired) electrons. The van der Waals surface area contributed by atoms with Crippen molar-refractivity contribution >= 4 is 23.2 Å². The van der Waals surface area contributed by atoms with Crippen LogP contribution >= 0.6 is 23.2 Å². The fraction of sp³-hybridized carbons (Fsp3) is 0.500. The number of fused-ring (bicyclic) bond motifs is 1. The van der Waals surface area contributed by atoms with E-state index in [1.807, 2.05) is 18.2 Å². The van der Waals surface area contributed by atoms with Crippen LogP contribution in [0.5, 0.6) is 0 Å². The zero-order valence-corrected chi connectivity index (χ0v) is 10.2. The first-order chi connectivity index (χ1) is 7.71. The summed E-state index contributed by atoms with van der Waals surface area (Å²) >= 11 is 11.8. The average molecular weight is 259 g/mol. The second-order valence-electron chi connectivity index (χ2n) is 4.38. The monoisotopic (exact) mass is 258 g/mol. The molecule has 0 N–H and O–H groups in total. The van der Waals surface area contributed by atoms with E-state index in [9.17, 15) is 0 Å². The van der Waals surface area contributed by atoms with Crippen LogP contribution in [0.1, 0.15) is 11.1 Å². The minimum absolute atomic E-state index is 0.0199. The maximum absolute atomic E-state index is 5.97. The van der Waals surface area contributed by atoms with Gasteiger partial charge in [-0.2, -0.15) is 0 Å². The third kappa shape index (κ3) is 1.74. The highest BCUT2D eigenvalue weighted by Crippen LogP contribution is 2.39. The fourth-order valence-electron chi connectivity index (χ4n) is 2.45. The summed E-state index contributed by atoms with van der Waals surface area (Å²) in [6.07, 6.45) is 1.59. The average Bonchev–Trinajstić information content (AvgIpc) is 2.82. The number of hydrogen-bond donors (Lipinski definition) is 0. The van der Waals surface area contributed by atoms with Gasteiger partial charge in [-0.1, -0.05) is 17.7 Å². The van der Waals surface area contributed by atoms with Gasteiger partial charge in [0.15, 0.2) is 5.79 Å². The molecule has 0 aromatic heterocycles. The van der Waals surface area contributed by atoms with E-state index in [1.165, 1.54) is 11.1 Å². The number of hydrogen-bond acceptors (Lipinski definition) is 2. The van der Waals surface area contributed by atoms with Gasteiger partial charge >= 0.3 is 0 Å². The molecule has 0 amide bonds. The molecule has 0 bridgehead atoms. The molecule has 2 nitrogen and oxygen atoms in total. The number of benzene rings is 1. The van der Waals surface area contributed by atoms with Crippen LogP contribution in [0.4, 0.5) is 0 Å². The van der Waals surface area contributed by atoms with Crippen molar-refractivity contribution in [2.24, 2.45) is 0 Å². The first kappa shape index (κ1) is 10.8. The minimum atomic E-state index is -0.480. The van der Waals surface area contributed by atoms with Gasteiger partial charge in [-0.05, 0) is 23.3 Å². The van der Waals surface area contributed by atoms with Crippen molar-refractivity contribution < 1.29 is 9.47 Å². The molecule has 16 heavy (non-hydrogen) atoms. The largest absolute Gasteiger partial charge is 0.346 e. The molecule has 2 atom stereocenters. The molecule has 86 valence electrons. The first-order valence-electron chi connectivity index (χ1n) is 5.36. The van der Waals surface area contributed by atoms with Gasteiger partial charge in [-0.25, -0.2) is 0 Å². The topological polar surface area (TPSA) is 18.5 Å². The summed E-state index contributed by atoms with van der Waals surface area (Å²) in [4.78, 5) is 0. The van der Waals surface area contributed by atoms with Gasteiger partial charge in [0.1, 0.15) is 0 Å². The predicted octanol–water partition coefficient (Wildman–Crippen LogP) is 2.79. The molecular formula is C12H12Cl2O2. The third-order valence-corrected chi connectivity index (χ3v) is 3.75. The maximum Gasteiger partial charge on any atom is 0.176 e. The zero-order chi connectivity index (χ0) is 11.2. The van der Waals surface area contributed by atoms with E-state index in [-0.39, 0.29) is 6.10 Å². The Bertz CT molecular complexity index is 421. The zero-order valence-electron chi connectivity index (χ0n) is 8.71. The van der Waals surface area contributed by atoms with E-state index in [4.69, 9.17) is 32.7 Å².